The van der Waals surface area contributed by atoms with Crippen LogP contribution >= 0.6 is 0 Å². The van der Waals surface area contributed by atoms with Gasteiger partial charge < -0.3 is 14.8 Å². The van der Waals surface area contributed by atoms with Crippen LogP contribution in [-0.4, -0.2) is 33.4 Å². The zero-order valence-corrected chi connectivity index (χ0v) is 19.0. The van der Waals surface area contributed by atoms with Gasteiger partial charge in [-0.1, -0.05) is 0 Å². The van der Waals surface area contributed by atoms with Gasteiger partial charge in [-0.25, -0.2) is 8.99 Å². The minimum atomic E-state index is -4.48. The SMILES string of the molecule is C[C@H]1CN(c2ccc(C(F)(F)F)cc2)C(=O)c2c(C(=O)Nc3ccc(S(C)(=N)=O)cc3)ccn21. The molecule has 1 unspecified atom stereocenters. The molecule has 0 bridgehead atoms. The number of rotatable bonds is 4. The van der Waals surface area contributed by atoms with Gasteiger partial charge >= 0.3 is 6.18 Å². The Morgan fingerprint density at radius 1 is 1.09 bits per heavy atom. The van der Waals surface area contributed by atoms with Crippen LogP contribution in [0.5, 0.6) is 0 Å². The van der Waals surface area contributed by atoms with Crippen molar-refractivity contribution in [2.75, 3.05) is 23.0 Å². The number of amides is 2. The number of nitrogens with one attached hydrogen (secondary N) is 2. The second kappa shape index (κ2) is 8.32. The molecule has 1 aliphatic heterocycles. The maximum atomic E-state index is 13.3. The minimum Gasteiger partial charge on any atom is -0.338 e. The van der Waals surface area contributed by atoms with Gasteiger partial charge in [-0.05, 0) is 61.5 Å². The van der Waals surface area contributed by atoms with E-state index >= 15 is 0 Å². The fourth-order valence-electron chi connectivity index (χ4n) is 3.84. The van der Waals surface area contributed by atoms with Gasteiger partial charge in [-0.2, -0.15) is 13.2 Å². The fourth-order valence-corrected chi connectivity index (χ4v) is 4.49. The van der Waals surface area contributed by atoms with Crippen LogP contribution in [0.4, 0.5) is 24.5 Å². The number of halogens is 3. The van der Waals surface area contributed by atoms with Crippen molar-refractivity contribution in [3.63, 3.8) is 0 Å². The third-order valence-electron chi connectivity index (χ3n) is 5.60. The summed E-state index contributed by atoms with van der Waals surface area (Å²) in [6.07, 6.45) is -1.56. The van der Waals surface area contributed by atoms with Gasteiger partial charge in [0.25, 0.3) is 11.8 Å². The Morgan fingerprint density at radius 3 is 2.26 bits per heavy atom. The number of hydrogen-bond acceptors (Lipinski definition) is 4. The molecule has 0 saturated heterocycles. The molecule has 2 heterocycles. The highest BCUT2D eigenvalue weighted by molar-refractivity contribution is 7.91. The number of hydrogen-bond donors (Lipinski definition) is 2. The number of carbonyl (C=O) groups is 2. The summed E-state index contributed by atoms with van der Waals surface area (Å²) in [6, 6.07) is 11.6. The first kappa shape index (κ1) is 23.6. The van der Waals surface area contributed by atoms with E-state index < -0.39 is 33.3 Å². The third-order valence-corrected chi connectivity index (χ3v) is 6.77. The molecule has 178 valence electrons. The van der Waals surface area contributed by atoms with Gasteiger partial charge in [0.05, 0.1) is 20.9 Å². The van der Waals surface area contributed by atoms with Crippen LogP contribution in [0.3, 0.4) is 0 Å². The Balaban J connectivity index is 1.61. The van der Waals surface area contributed by atoms with Gasteiger partial charge in [0, 0.05) is 41.3 Å². The smallest absolute Gasteiger partial charge is 0.338 e. The zero-order valence-electron chi connectivity index (χ0n) is 18.2. The minimum absolute atomic E-state index is 0.123. The van der Waals surface area contributed by atoms with E-state index in [1.165, 1.54) is 53.6 Å². The number of nitrogens with zero attached hydrogens (tertiary/aromatic N) is 2. The van der Waals surface area contributed by atoms with E-state index in [9.17, 15) is 27.0 Å². The normalized spacial score (nSPS) is 17.7. The van der Waals surface area contributed by atoms with Crippen molar-refractivity contribution in [3.8, 4) is 0 Å². The molecule has 0 saturated carbocycles. The molecule has 3 aromatic rings. The average Bonchev–Trinajstić information content (AvgIpc) is 3.22. The Bertz CT molecular complexity index is 1360. The largest absolute Gasteiger partial charge is 0.416 e. The van der Waals surface area contributed by atoms with Gasteiger partial charge in [-0.15, -0.1) is 0 Å². The lowest BCUT2D eigenvalue weighted by Gasteiger charge is -2.33. The molecule has 2 aromatic carbocycles. The molecule has 0 radical (unpaired) electrons. The maximum Gasteiger partial charge on any atom is 0.416 e. The molecule has 2 atom stereocenters. The highest BCUT2D eigenvalue weighted by atomic mass is 32.2. The third kappa shape index (κ3) is 4.43. The topological polar surface area (TPSA) is 95.3 Å². The molecule has 1 aliphatic rings. The van der Waals surface area contributed by atoms with E-state index in [-0.39, 0.29) is 23.8 Å². The summed E-state index contributed by atoms with van der Waals surface area (Å²) in [5, 5.41) is 2.69. The van der Waals surface area contributed by atoms with Crippen LogP contribution < -0.4 is 10.2 Å². The van der Waals surface area contributed by atoms with Crippen molar-refractivity contribution < 1.29 is 27.0 Å². The monoisotopic (exact) mass is 490 g/mol. The molecular weight excluding hydrogens is 469 g/mol. The molecule has 7 nitrogen and oxygen atoms in total. The Morgan fingerprint density at radius 2 is 1.71 bits per heavy atom. The molecule has 0 spiro atoms. The molecule has 2 amide bonds. The molecular formula is C23H21F3N4O3S. The van der Waals surface area contributed by atoms with E-state index in [1.807, 2.05) is 6.92 Å². The molecule has 0 aliphatic carbocycles. The lowest BCUT2D eigenvalue weighted by atomic mass is 10.1. The van der Waals surface area contributed by atoms with Gasteiger partial charge in [0.1, 0.15) is 5.69 Å². The number of fused-ring (bicyclic) bond motifs is 1. The first-order valence-electron chi connectivity index (χ1n) is 10.2. The first-order chi connectivity index (χ1) is 15.9. The van der Waals surface area contributed by atoms with E-state index in [0.29, 0.717) is 16.3 Å². The summed E-state index contributed by atoms with van der Waals surface area (Å²) in [5.74, 6) is -1.04. The summed E-state index contributed by atoms with van der Waals surface area (Å²) >= 11 is 0. The number of aromatic nitrogens is 1. The van der Waals surface area contributed by atoms with Crippen molar-refractivity contribution in [1.82, 2.24) is 4.57 Å². The van der Waals surface area contributed by atoms with Crippen LogP contribution in [0.25, 0.3) is 0 Å². The Labute approximate surface area is 194 Å². The number of anilines is 2. The first-order valence-corrected chi connectivity index (χ1v) is 12.2. The fraction of sp³-hybridized carbons (Fsp3) is 0.217. The second-order valence-corrected chi connectivity index (χ2v) is 10.3. The molecule has 1 aromatic heterocycles. The van der Waals surface area contributed by atoms with E-state index in [4.69, 9.17) is 4.78 Å². The highest BCUT2D eigenvalue weighted by Crippen LogP contribution is 2.33. The van der Waals surface area contributed by atoms with Crippen molar-refractivity contribution in [3.05, 3.63) is 77.6 Å². The van der Waals surface area contributed by atoms with Gasteiger partial charge in [-0.3, -0.25) is 9.59 Å². The van der Waals surface area contributed by atoms with Crippen molar-refractivity contribution in [2.24, 2.45) is 0 Å². The maximum absolute atomic E-state index is 13.3. The summed E-state index contributed by atoms with van der Waals surface area (Å²) in [6.45, 7) is 2.08. The van der Waals surface area contributed by atoms with E-state index in [0.717, 1.165) is 12.1 Å². The lowest BCUT2D eigenvalue weighted by molar-refractivity contribution is -0.137. The van der Waals surface area contributed by atoms with Crippen molar-refractivity contribution in [1.29, 1.82) is 4.78 Å². The second-order valence-electron chi connectivity index (χ2n) is 8.12. The molecule has 2 N–H and O–H groups in total. The molecule has 11 heteroatoms. The van der Waals surface area contributed by atoms with E-state index in [2.05, 4.69) is 5.32 Å². The summed E-state index contributed by atoms with van der Waals surface area (Å²) in [4.78, 5) is 27.9. The number of carbonyl (C=O) groups excluding carboxylic acids is 2. The summed E-state index contributed by atoms with van der Waals surface area (Å²) in [7, 11) is -2.89. The number of benzene rings is 2. The lowest BCUT2D eigenvalue weighted by Crippen LogP contribution is -2.43. The number of alkyl halides is 3. The van der Waals surface area contributed by atoms with Crippen LogP contribution in [0.1, 0.15) is 39.4 Å². The van der Waals surface area contributed by atoms with Crippen LogP contribution in [-0.2, 0) is 15.9 Å². The Kier molecular flexibility index (Phi) is 5.76. The summed E-state index contributed by atoms with van der Waals surface area (Å²) in [5.41, 5.74) is 0.145. The van der Waals surface area contributed by atoms with Gasteiger partial charge in [0.15, 0.2) is 0 Å². The predicted molar refractivity (Wildman–Crippen MR) is 122 cm³/mol. The predicted octanol–water partition coefficient (Wildman–Crippen LogP) is 5.02. The van der Waals surface area contributed by atoms with Crippen molar-refractivity contribution >= 4 is 32.9 Å². The van der Waals surface area contributed by atoms with Crippen LogP contribution in [0, 0.1) is 4.78 Å². The van der Waals surface area contributed by atoms with Crippen LogP contribution in [0.2, 0.25) is 0 Å². The zero-order chi connectivity index (χ0) is 24.8. The molecule has 4 rings (SSSR count). The molecule has 0 fully saturated rings. The Hall–Kier alpha value is -3.60. The molecule has 34 heavy (non-hydrogen) atoms. The highest BCUT2D eigenvalue weighted by Gasteiger charge is 2.35. The van der Waals surface area contributed by atoms with E-state index in [1.54, 1.807) is 10.8 Å². The van der Waals surface area contributed by atoms with Crippen LogP contribution in [0.15, 0.2) is 65.7 Å². The summed E-state index contributed by atoms with van der Waals surface area (Å²) < 4.78 is 59.8. The van der Waals surface area contributed by atoms with Crippen molar-refractivity contribution in [2.45, 2.75) is 24.0 Å². The standard InChI is InChI=1S/C23H21F3N4O3S/c1-14-13-30(17-7-3-15(4-8-17)23(24,25)26)22(32)20-19(11-12-29(14)20)21(31)28-16-5-9-18(10-6-16)34(2,27)33/h3-12,14,27H,13H2,1-2H3,(H,28,31)/t14-,34?/m0/s1. The average molecular weight is 491 g/mol. The quantitative estimate of drug-likeness (QED) is 0.538. The van der Waals surface area contributed by atoms with Gasteiger partial charge in [0.2, 0.25) is 0 Å².